The van der Waals surface area contributed by atoms with Gasteiger partial charge in [-0.3, -0.25) is 0 Å². The Hall–Kier alpha value is -3.92. The molecule has 3 heterocycles. The van der Waals surface area contributed by atoms with E-state index in [2.05, 4.69) is 103 Å². The molecule has 3 aliphatic rings. The van der Waals surface area contributed by atoms with E-state index in [1.807, 2.05) is 36.5 Å². The Balaban J connectivity index is 0.00000348. The van der Waals surface area contributed by atoms with Crippen LogP contribution in [0, 0.1) is 18.8 Å². The van der Waals surface area contributed by atoms with Gasteiger partial charge < -0.3 is 19.1 Å². The van der Waals surface area contributed by atoms with Crippen LogP contribution in [0.5, 0.6) is 11.5 Å². The third kappa shape index (κ3) is 4.47. The van der Waals surface area contributed by atoms with E-state index < -0.39 is 6.98 Å². The first kappa shape index (κ1) is 26.2. The number of ether oxygens (including phenoxy) is 1. The molecule has 5 nitrogen and oxygen atoms in total. The molecule has 234 valence electrons. The minimum atomic E-state index is -2.24. The molecule has 4 atom stereocenters. The quantitative estimate of drug-likeness (QED) is 0.168. The number of hydrogen-bond donors (Lipinski definition) is 0. The smallest absolute Gasteiger partial charge is 0.135 e. The number of fused-ring (bicyclic) bond motifs is 11. The summed E-state index contributed by atoms with van der Waals surface area (Å²) in [5, 5.41) is 2.19. The summed E-state index contributed by atoms with van der Waals surface area (Å²) in [6, 6.07) is 37.8. The largest absolute Gasteiger partial charge is 0.525 e. The number of likely N-dealkylation sites (N-methyl/N-ethyl adjacent to an activating group) is 1. The zero-order chi connectivity index (χ0) is 32.9. The van der Waals surface area contributed by atoms with Crippen LogP contribution in [0.25, 0.3) is 27.6 Å². The van der Waals surface area contributed by atoms with Crippen molar-refractivity contribution in [3.63, 3.8) is 0 Å². The second-order valence-corrected chi connectivity index (χ2v) is 13.6. The number of pyridine rings is 1. The summed E-state index contributed by atoms with van der Waals surface area (Å²) < 4.78 is 33.7. The topological polar surface area (TPSA) is 33.5 Å². The summed E-state index contributed by atoms with van der Waals surface area (Å²) >= 11 is 0. The van der Waals surface area contributed by atoms with E-state index in [4.69, 9.17) is 13.8 Å². The molecule has 1 saturated carbocycles. The zero-order valence-corrected chi connectivity index (χ0v) is 28.1. The Morgan fingerprint density at radius 3 is 2.41 bits per heavy atom. The van der Waals surface area contributed by atoms with Crippen LogP contribution in [0.15, 0.2) is 97.2 Å². The summed E-state index contributed by atoms with van der Waals surface area (Å²) in [5.74, 6) is 2.37. The van der Waals surface area contributed by atoms with E-state index in [1.165, 1.54) is 16.7 Å². The minimum absolute atomic E-state index is 0. The van der Waals surface area contributed by atoms with Gasteiger partial charge in [0.25, 0.3) is 0 Å². The maximum Gasteiger partial charge on any atom is 0.135 e. The van der Waals surface area contributed by atoms with Crippen molar-refractivity contribution in [1.29, 1.82) is 0 Å². The van der Waals surface area contributed by atoms with Gasteiger partial charge in [-0.2, -0.15) is 24.9 Å². The van der Waals surface area contributed by atoms with Gasteiger partial charge in [-0.1, -0.05) is 68.8 Å². The average molecular weight is 786 g/mol. The fraction of sp³-hybridized carbons (Fsp3) is 0.250. The maximum absolute atomic E-state index is 8.37. The fourth-order valence-electron chi connectivity index (χ4n) is 8.01. The van der Waals surface area contributed by atoms with Gasteiger partial charge in [0.15, 0.2) is 0 Å². The zero-order valence-electron chi connectivity index (χ0n) is 28.8. The molecular formula is C40H35N4OPt-3. The summed E-state index contributed by atoms with van der Waals surface area (Å²) in [7, 11) is 0. The van der Waals surface area contributed by atoms with Crippen molar-refractivity contribution in [3.05, 3.63) is 133 Å². The van der Waals surface area contributed by atoms with Crippen LogP contribution in [0.1, 0.15) is 59.8 Å². The molecule has 0 spiro atoms. The van der Waals surface area contributed by atoms with Crippen molar-refractivity contribution >= 4 is 27.5 Å². The summed E-state index contributed by atoms with van der Waals surface area (Å²) in [6.07, 6.45) is 2.83. The van der Waals surface area contributed by atoms with Gasteiger partial charge in [0, 0.05) is 66.4 Å². The molecule has 1 aliphatic heterocycles. The van der Waals surface area contributed by atoms with Crippen LogP contribution in [0.4, 0.5) is 5.69 Å². The second-order valence-electron chi connectivity index (χ2n) is 13.6. The van der Waals surface area contributed by atoms with E-state index in [0.717, 1.165) is 39.7 Å². The van der Waals surface area contributed by atoms with Gasteiger partial charge in [0.2, 0.25) is 0 Å². The van der Waals surface area contributed by atoms with E-state index in [-0.39, 0.29) is 50.4 Å². The van der Waals surface area contributed by atoms with Crippen molar-refractivity contribution in [2.75, 3.05) is 11.9 Å². The van der Waals surface area contributed by atoms with Crippen molar-refractivity contribution < 1.29 is 29.9 Å². The van der Waals surface area contributed by atoms with Gasteiger partial charge in [0.05, 0.1) is 0 Å². The monoisotopic (exact) mass is 785 g/mol. The Bertz CT molecular complexity index is 2220. The van der Waals surface area contributed by atoms with E-state index in [9.17, 15) is 0 Å². The number of nitrogens with zero attached hydrogens (tertiary/aromatic N) is 4. The standard InChI is InChI=1S/C40H35N4O.Pt/c1-40(2,3)25-18-19-41-37(20-25)44-35-15-8-7-14-31(35)32-17-16-28(22-36(32)44)45-27-11-9-10-26(21-27)43-24-42(4)38-33-23-34(39(38)43)30-13-6-5-12-29(30)33;/h5-20,24,33-34,38-39H,23H2,1-4H3;/q-3;/i4D3;. The molecule has 0 N–H and O–H groups in total. The molecule has 2 aromatic heterocycles. The van der Waals surface area contributed by atoms with Crippen molar-refractivity contribution in [1.82, 2.24) is 14.5 Å². The molecule has 6 heteroatoms. The first-order valence-electron chi connectivity index (χ1n) is 17.2. The summed E-state index contributed by atoms with van der Waals surface area (Å²) in [4.78, 5) is 8.50. The maximum atomic E-state index is 8.37. The average Bonchev–Trinajstić information content (AvgIpc) is 3.82. The number of rotatable bonds is 4. The van der Waals surface area contributed by atoms with Crippen molar-refractivity contribution in [2.24, 2.45) is 0 Å². The van der Waals surface area contributed by atoms with E-state index >= 15 is 0 Å². The SMILES string of the molecule is [2H]C([2H])([2H])N1[CH-]N(c2[c-]c(Oc3[c-]c4c(cc3)c3ccccc3n4-c3cc(C(C)(C)C)ccn3)ccc2)C2C3CC(c4ccccc43)C21.[Pt]. The molecule has 9 rings (SSSR count). The molecule has 46 heavy (non-hydrogen) atoms. The van der Waals surface area contributed by atoms with Crippen LogP contribution in [-0.4, -0.2) is 33.5 Å². The van der Waals surface area contributed by atoms with Crippen LogP contribution < -0.4 is 9.64 Å². The number of para-hydroxylation sites is 1. The van der Waals surface area contributed by atoms with Gasteiger partial charge >= 0.3 is 0 Å². The third-order valence-electron chi connectivity index (χ3n) is 10.0. The molecule has 6 aromatic rings. The first-order valence-corrected chi connectivity index (χ1v) is 15.7. The van der Waals surface area contributed by atoms with E-state index in [0.29, 0.717) is 11.5 Å². The molecular weight excluding hydrogens is 748 g/mol. The molecule has 2 aliphatic carbocycles. The van der Waals surface area contributed by atoms with Gasteiger partial charge in [0.1, 0.15) is 5.82 Å². The molecule has 4 unspecified atom stereocenters. The van der Waals surface area contributed by atoms with Crippen LogP contribution in [0.3, 0.4) is 0 Å². The number of aromatic nitrogens is 2. The van der Waals surface area contributed by atoms with Crippen molar-refractivity contribution in [3.8, 4) is 17.3 Å². The van der Waals surface area contributed by atoms with Gasteiger partial charge in [-0.05, 0) is 65.0 Å². The number of anilines is 1. The minimum Gasteiger partial charge on any atom is -0.525 e. The fourth-order valence-corrected chi connectivity index (χ4v) is 8.01. The predicted octanol–water partition coefficient (Wildman–Crippen LogP) is 8.76. The van der Waals surface area contributed by atoms with Crippen LogP contribution in [0.2, 0.25) is 0 Å². The number of hydrogen-bond acceptors (Lipinski definition) is 4. The molecule has 2 fully saturated rings. The predicted molar refractivity (Wildman–Crippen MR) is 180 cm³/mol. The van der Waals surface area contributed by atoms with Crippen molar-refractivity contribution in [2.45, 2.75) is 56.5 Å². The molecule has 0 radical (unpaired) electrons. The van der Waals surface area contributed by atoms with E-state index in [1.54, 1.807) is 11.6 Å². The summed E-state index contributed by atoms with van der Waals surface area (Å²) in [5.41, 5.74) is 6.53. The first-order chi connectivity index (χ1) is 23.1. The Morgan fingerprint density at radius 1 is 0.848 bits per heavy atom. The number of benzene rings is 4. The van der Waals surface area contributed by atoms with Crippen LogP contribution in [-0.2, 0) is 26.5 Å². The molecule has 4 aromatic carbocycles. The third-order valence-corrected chi connectivity index (χ3v) is 10.0. The molecule has 2 bridgehead atoms. The Kier molecular flexibility index (Phi) is 6.16. The molecule has 0 amide bonds. The normalized spacial score (nSPS) is 23.1. The Morgan fingerprint density at radius 2 is 1.61 bits per heavy atom. The van der Waals surface area contributed by atoms with Gasteiger partial charge in [-0.25, -0.2) is 4.98 Å². The second kappa shape index (κ2) is 10.8. The summed E-state index contributed by atoms with van der Waals surface area (Å²) in [6.45, 7) is 6.17. The van der Waals surface area contributed by atoms with Gasteiger partial charge in [-0.15, -0.1) is 35.3 Å². The Labute approximate surface area is 289 Å². The van der Waals surface area contributed by atoms with Crippen LogP contribution >= 0.6 is 0 Å². The molecule has 1 saturated heterocycles.